The molecule has 0 bridgehead atoms. The summed E-state index contributed by atoms with van der Waals surface area (Å²) in [6.07, 6.45) is -2.15. The molecular formula is C65H107N19O18. The average molecular weight is 1440 g/mol. The molecular weight excluding hydrogens is 1330 g/mol. The SMILES string of the molecule is CC(C)C[C@H](NC(=O)[C@H](CC(N)=O)NC(=O)[C@@H](NC(=O)[C@H](CC(N)=O)NC(=O)[C@@H]1CCCN1C(=O)CNC(=O)[C@H](CCC(N)=O)NC(=O)[C@H](CC(C)C)NC(=O)[C@H](Cc1ccc(O)cc1)NC(=O)CNC(=O)[C@H](CCCN=C(N)N)NC(=O)[C@@H](NC(=O)[C@@H](N)CC(C)C)C(C)C)C(C)C)C(=O)O. The van der Waals surface area contributed by atoms with Crippen LogP contribution in [-0.4, -0.2) is 208 Å². The van der Waals surface area contributed by atoms with E-state index in [4.69, 9.17) is 34.4 Å². The zero-order chi connectivity index (χ0) is 77.4. The smallest absolute Gasteiger partial charge is 0.326 e. The fraction of sp³-hybridized carbons (Fsp3) is 0.646. The molecule has 1 aliphatic rings. The zero-order valence-electron chi connectivity index (χ0n) is 59.6. The first-order chi connectivity index (χ1) is 47.6. The number of aromatic hydroxyl groups is 1. The highest BCUT2D eigenvalue weighted by molar-refractivity contribution is 6.00. The van der Waals surface area contributed by atoms with Crippen LogP contribution in [0.25, 0.3) is 0 Å². The number of nitrogens with two attached hydrogens (primary N) is 6. The molecule has 2 rings (SSSR count). The second-order valence-corrected chi connectivity index (χ2v) is 27.1. The van der Waals surface area contributed by atoms with Crippen LogP contribution in [-0.2, 0) is 83.1 Å². The Hall–Kier alpha value is -10.2. The lowest BCUT2D eigenvalue weighted by atomic mass is 9.99. The summed E-state index contributed by atoms with van der Waals surface area (Å²) in [5.41, 5.74) is 33.7. The number of nitrogens with zero attached hydrogens (tertiary/aromatic N) is 2. The van der Waals surface area contributed by atoms with E-state index in [0.717, 1.165) is 4.90 Å². The van der Waals surface area contributed by atoms with Crippen LogP contribution in [0.2, 0.25) is 0 Å². The minimum absolute atomic E-state index is 0.00801. The van der Waals surface area contributed by atoms with E-state index in [2.05, 4.69) is 63.5 Å². The van der Waals surface area contributed by atoms with Gasteiger partial charge in [0, 0.05) is 25.9 Å². The van der Waals surface area contributed by atoms with Crippen LogP contribution in [0.4, 0.5) is 0 Å². The number of nitrogens with one attached hydrogen (secondary N) is 11. The van der Waals surface area contributed by atoms with Gasteiger partial charge >= 0.3 is 5.97 Å². The molecule has 1 fully saturated rings. The summed E-state index contributed by atoms with van der Waals surface area (Å²) in [7, 11) is 0. The topological polar surface area (TPSA) is 618 Å². The number of guanidine groups is 1. The third-order valence-electron chi connectivity index (χ3n) is 15.9. The molecule has 0 aliphatic carbocycles. The number of hydrogen-bond donors (Lipinski definition) is 19. The Bertz CT molecular complexity index is 3140. The minimum atomic E-state index is -1.77. The zero-order valence-corrected chi connectivity index (χ0v) is 59.6. The Morgan fingerprint density at radius 3 is 1.46 bits per heavy atom. The Morgan fingerprint density at radius 2 is 0.951 bits per heavy atom. The van der Waals surface area contributed by atoms with E-state index < -0.39 is 212 Å². The minimum Gasteiger partial charge on any atom is -0.508 e. The molecule has 102 heavy (non-hydrogen) atoms. The number of aliphatic carboxylic acids is 1. The van der Waals surface area contributed by atoms with Crippen LogP contribution < -0.4 is 92.9 Å². The number of phenols is 1. The second-order valence-electron chi connectivity index (χ2n) is 27.1. The van der Waals surface area contributed by atoms with Gasteiger partial charge < -0.3 is 108 Å². The van der Waals surface area contributed by atoms with Gasteiger partial charge in [0.1, 0.15) is 66.2 Å². The fourth-order valence-electron chi connectivity index (χ4n) is 10.7. The number of aliphatic imine (C=N–C) groups is 1. The molecule has 1 aromatic rings. The predicted molar refractivity (Wildman–Crippen MR) is 370 cm³/mol. The standard InChI is InChI=1S/C65H107N19O18/c1-31(2)23-38(66)54(91)82-52(34(7)8)62(99)77-39(13-11-21-72-65(70)71)55(92)73-29-50(89)75-42(26-36-15-17-37(85)18-16-36)58(95)78-41(24-32(3)4)57(94)76-40(19-20-47(67)86)56(93)74-30-51(90)84-22-12-14-46(84)61(98)79-44(28-49(69)88)60(97)83-53(35(9)10)63(100)80-43(27-48(68)87)59(96)81-45(64(101)102)25-33(5)6/h15-18,31-35,38-46,52-53,85H,11-14,19-30,66H2,1-10H3,(H2,67,86)(H2,68,87)(H2,69,88)(H,73,92)(H,74,93)(H,75,89)(H,76,94)(H,77,99)(H,78,95)(H,79,98)(H,80,100)(H,81,96)(H,82,91)(H,83,97)(H,101,102)(H4,70,71,72)/t38-,39-,40-,41-,42-,43-,44-,45-,46-,52-,53-/m0/s1. The van der Waals surface area contributed by atoms with Crippen molar-refractivity contribution in [3.8, 4) is 5.75 Å². The highest BCUT2D eigenvalue weighted by Crippen LogP contribution is 2.20. The Kier molecular flexibility index (Phi) is 37.4. The van der Waals surface area contributed by atoms with E-state index in [-0.39, 0.29) is 87.5 Å². The van der Waals surface area contributed by atoms with E-state index in [9.17, 15) is 86.9 Å². The first kappa shape index (κ1) is 87.9. The number of likely N-dealkylation sites (tertiary alicyclic amines) is 1. The number of hydrogen-bond acceptors (Lipinski definition) is 19. The summed E-state index contributed by atoms with van der Waals surface area (Å²) < 4.78 is 0. The molecule has 0 radical (unpaired) electrons. The molecule has 0 spiro atoms. The largest absolute Gasteiger partial charge is 0.508 e. The third kappa shape index (κ3) is 32.4. The molecule has 37 heteroatoms. The van der Waals surface area contributed by atoms with Crippen molar-refractivity contribution in [3.05, 3.63) is 29.8 Å². The highest BCUT2D eigenvalue weighted by Gasteiger charge is 2.40. The number of carboxylic acid groups (broad SMARTS) is 1. The predicted octanol–water partition coefficient (Wildman–Crippen LogP) is -5.55. The lowest BCUT2D eigenvalue weighted by Crippen LogP contribution is -2.60. The first-order valence-corrected chi connectivity index (χ1v) is 33.8. The van der Waals surface area contributed by atoms with E-state index in [1.165, 1.54) is 38.1 Å². The number of carbonyl (C=O) groups is 16. The maximum absolute atomic E-state index is 14.4. The molecule has 0 saturated carbocycles. The maximum Gasteiger partial charge on any atom is 0.326 e. The first-order valence-electron chi connectivity index (χ1n) is 33.8. The number of rotatable bonds is 45. The van der Waals surface area contributed by atoms with Gasteiger partial charge in [-0.3, -0.25) is 76.9 Å². The second kappa shape index (κ2) is 43.4. The van der Waals surface area contributed by atoms with E-state index >= 15 is 0 Å². The summed E-state index contributed by atoms with van der Waals surface area (Å²) >= 11 is 0. The summed E-state index contributed by atoms with van der Waals surface area (Å²) in [5.74, 6) is -17.5. The van der Waals surface area contributed by atoms with Gasteiger partial charge in [0.2, 0.25) is 88.6 Å². The Morgan fingerprint density at radius 1 is 0.500 bits per heavy atom. The quantitative estimate of drug-likeness (QED) is 0.0164. The summed E-state index contributed by atoms with van der Waals surface area (Å²) in [6.45, 7) is 15.3. The van der Waals surface area contributed by atoms with Crippen molar-refractivity contribution in [2.75, 3.05) is 26.2 Å². The summed E-state index contributed by atoms with van der Waals surface area (Å²) in [4.78, 5) is 219. The molecule has 15 amide bonds. The number of carbonyl (C=O) groups excluding carboxylic acids is 15. The van der Waals surface area contributed by atoms with Gasteiger partial charge in [-0.1, -0.05) is 81.4 Å². The van der Waals surface area contributed by atoms with Crippen LogP contribution >= 0.6 is 0 Å². The fourth-order valence-corrected chi connectivity index (χ4v) is 10.7. The van der Waals surface area contributed by atoms with Crippen LogP contribution in [0.3, 0.4) is 0 Å². The van der Waals surface area contributed by atoms with Crippen LogP contribution in [0.5, 0.6) is 5.75 Å². The molecule has 1 heterocycles. The van der Waals surface area contributed by atoms with Gasteiger partial charge in [0.25, 0.3) is 0 Å². The monoisotopic (exact) mass is 1440 g/mol. The highest BCUT2D eigenvalue weighted by atomic mass is 16.4. The van der Waals surface area contributed by atoms with Crippen molar-refractivity contribution in [3.63, 3.8) is 0 Å². The lowest BCUT2D eigenvalue weighted by Gasteiger charge is -2.29. The van der Waals surface area contributed by atoms with Gasteiger partial charge in [-0.2, -0.15) is 0 Å². The molecule has 1 saturated heterocycles. The van der Waals surface area contributed by atoms with Gasteiger partial charge in [0.15, 0.2) is 5.96 Å². The van der Waals surface area contributed by atoms with Crippen molar-refractivity contribution < 1.29 is 86.9 Å². The van der Waals surface area contributed by atoms with Crippen LogP contribution in [0.1, 0.15) is 145 Å². The molecule has 1 aliphatic heterocycles. The van der Waals surface area contributed by atoms with E-state index in [1.807, 2.05) is 13.8 Å². The molecule has 37 nitrogen and oxygen atoms in total. The third-order valence-corrected chi connectivity index (χ3v) is 15.9. The van der Waals surface area contributed by atoms with Crippen molar-refractivity contribution >= 4 is 101 Å². The van der Waals surface area contributed by atoms with Gasteiger partial charge in [-0.25, -0.2) is 4.79 Å². The van der Waals surface area contributed by atoms with E-state index in [1.54, 1.807) is 41.5 Å². The maximum atomic E-state index is 14.4. The molecule has 0 aromatic heterocycles. The molecule has 0 unspecified atom stereocenters. The number of amides is 15. The normalized spacial score (nSPS) is 15.6. The molecule has 11 atom stereocenters. The number of primary amides is 3. The Labute approximate surface area is 592 Å². The Balaban J connectivity index is 2.36. The van der Waals surface area contributed by atoms with Gasteiger partial charge in [-0.15, -0.1) is 0 Å². The summed E-state index contributed by atoms with van der Waals surface area (Å²) in [6, 6.07) is -10.1. The van der Waals surface area contributed by atoms with Crippen molar-refractivity contribution in [1.29, 1.82) is 0 Å². The molecule has 1 aromatic carbocycles. The van der Waals surface area contributed by atoms with E-state index in [0.29, 0.717) is 12.0 Å². The van der Waals surface area contributed by atoms with Crippen molar-refractivity contribution in [1.82, 2.24) is 63.4 Å². The van der Waals surface area contributed by atoms with Crippen LogP contribution in [0, 0.1) is 29.6 Å². The van der Waals surface area contributed by atoms with Crippen molar-refractivity contribution in [2.45, 2.75) is 213 Å². The van der Waals surface area contributed by atoms with Crippen LogP contribution in [0.15, 0.2) is 29.3 Å². The van der Waals surface area contributed by atoms with Gasteiger partial charge in [0.05, 0.1) is 32.0 Å². The number of phenolic OH excluding ortho intramolecular Hbond substituents is 1. The van der Waals surface area contributed by atoms with Crippen molar-refractivity contribution in [2.24, 2.45) is 69.0 Å². The molecule has 25 N–H and O–H groups in total. The number of carboxylic acids is 1. The van der Waals surface area contributed by atoms with Gasteiger partial charge in [-0.05, 0) is 98.7 Å². The number of benzene rings is 1. The molecule has 570 valence electrons. The summed E-state index contributed by atoms with van der Waals surface area (Å²) in [5, 5.41) is 46.9. The lowest BCUT2D eigenvalue weighted by molar-refractivity contribution is -0.143. The average Bonchev–Trinajstić information content (AvgIpc) is 1.60.